The Labute approximate surface area is 104 Å². The van der Waals surface area contributed by atoms with Crippen molar-refractivity contribution in [3.05, 3.63) is 41.0 Å². The Morgan fingerprint density at radius 3 is 2.78 bits per heavy atom. The van der Waals surface area contributed by atoms with E-state index in [9.17, 15) is 9.59 Å². The maximum Gasteiger partial charge on any atom is 0.348 e. The van der Waals surface area contributed by atoms with Crippen molar-refractivity contribution in [2.75, 3.05) is 6.61 Å². The Morgan fingerprint density at radius 2 is 2.22 bits per heavy atom. The molecule has 1 amide bonds. The number of ether oxygens (including phenoxy) is 1. The van der Waals surface area contributed by atoms with Gasteiger partial charge in [-0.05, 0) is 30.7 Å². The summed E-state index contributed by atoms with van der Waals surface area (Å²) in [6.07, 6.45) is 1.35. The zero-order chi connectivity index (χ0) is 13.5. The van der Waals surface area contributed by atoms with Crippen molar-refractivity contribution in [3.63, 3.8) is 0 Å². The van der Waals surface area contributed by atoms with E-state index in [0.717, 1.165) is 0 Å². The Balaban J connectivity index is 3.07. The van der Waals surface area contributed by atoms with E-state index in [1.54, 1.807) is 31.2 Å². The molecule has 5 heteroatoms. The van der Waals surface area contributed by atoms with Gasteiger partial charge >= 0.3 is 5.97 Å². The molecule has 0 unspecified atom stereocenters. The van der Waals surface area contributed by atoms with Crippen LogP contribution in [0.2, 0.25) is 0 Å². The predicted octanol–water partition coefficient (Wildman–Crippen LogP) is 1.26. The molecule has 92 valence electrons. The van der Waals surface area contributed by atoms with Crippen LogP contribution in [0.3, 0.4) is 0 Å². The van der Waals surface area contributed by atoms with Crippen LogP contribution >= 0.6 is 0 Å². The van der Waals surface area contributed by atoms with Gasteiger partial charge < -0.3 is 10.5 Å². The number of carbonyl (C=O) groups excluding carboxylic acids is 2. The molecule has 0 radical (unpaired) electrons. The van der Waals surface area contributed by atoms with Crippen molar-refractivity contribution in [2.24, 2.45) is 5.73 Å². The van der Waals surface area contributed by atoms with Crippen LogP contribution in [0.1, 0.15) is 22.8 Å². The Bertz CT molecular complexity index is 541. The van der Waals surface area contributed by atoms with Crippen LogP contribution in [-0.4, -0.2) is 18.5 Å². The van der Waals surface area contributed by atoms with Crippen molar-refractivity contribution in [2.45, 2.75) is 6.92 Å². The monoisotopic (exact) mass is 244 g/mol. The predicted molar refractivity (Wildman–Crippen MR) is 65.2 cm³/mol. The highest BCUT2D eigenvalue weighted by Crippen LogP contribution is 2.10. The zero-order valence-corrected chi connectivity index (χ0v) is 9.84. The molecular weight excluding hydrogens is 232 g/mol. The van der Waals surface area contributed by atoms with Crippen LogP contribution in [0.15, 0.2) is 29.8 Å². The van der Waals surface area contributed by atoms with Gasteiger partial charge in [-0.1, -0.05) is 12.1 Å². The molecular formula is C13H12N2O3. The first-order chi connectivity index (χ1) is 8.58. The van der Waals surface area contributed by atoms with Crippen LogP contribution < -0.4 is 5.73 Å². The molecule has 18 heavy (non-hydrogen) atoms. The topological polar surface area (TPSA) is 93.2 Å². The van der Waals surface area contributed by atoms with Gasteiger partial charge in [0.2, 0.25) is 5.91 Å². The second kappa shape index (κ2) is 6.21. The molecule has 1 aromatic rings. The summed E-state index contributed by atoms with van der Waals surface area (Å²) in [5, 5.41) is 8.85. The molecule has 0 aromatic heterocycles. The highest BCUT2D eigenvalue weighted by atomic mass is 16.5. The van der Waals surface area contributed by atoms with Gasteiger partial charge in [0.15, 0.2) is 0 Å². The second-order valence-electron chi connectivity index (χ2n) is 3.38. The highest BCUT2D eigenvalue weighted by molar-refractivity contribution is 5.98. The third-order valence-electron chi connectivity index (χ3n) is 2.10. The molecule has 0 aliphatic heterocycles. The summed E-state index contributed by atoms with van der Waals surface area (Å²) in [6.45, 7) is 1.85. The number of carbonyl (C=O) groups is 2. The van der Waals surface area contributed by atoms with Crippen molar-refractivity contribution in [3.8, 4) is 6.07 Å². The van der Waals surface area contributed by atoms with Crippen molar-refractivity contribution >= 4 is 18.0 Å². The molecule has 2 N–H and O–H groups in total. The smallest absolute Gasteiger partial charge is 0.348 e. The van der Waals surface area contributed by atoms with Gasteiger partial charge in [0.05, 0.1) is 6.61 Å². The Hall–Kier alpha value is -2.61. The third kappa shape index (κ3) is 3.46. The molecule has 0 aliphatic rings. The zero-order valence-electron chi connectivity index (χ0n) is 9.84. The summed E-state index contributed by atoms with van der Waals surface area (Å²) in [4.78, 5) is 22.4. The number of nitrogens with two attached hydrogens (primary N) is 1. The van der Waals surface area contributed by atoms with Crippen molar-refractivity contribution in [1.82, 2.24) is 0 Å². The molecule has 1 rings (SSSR count). The molecule has 0 heterocycles. The SMILES string of the molecule is CCOC(=O)C(C#N)=Cc1cccc(C(N)=O)c1. The van der Waals surface area contributed by atoms with Crippen LogP contribution in [0.25, 0.3) is 6.08 Å². The fourth-order valence-electron chi connectivity index (χ4n) is 1.29. The molecule has 0 saturated heterocycles. The number of benzene rings is 1. The minimum atomic E-state index is -0.690. The van der Waals surface area contributed by atoms with Crippen molar-refractivity contribution < 1.29 is 14.3 Å². The van der Waals surface area contributed by atoms with Crippen LogP contribution in [0.5, 0.6) is 0 Å². The lowest BCUT2D eigenvalue weighted by atomic mass is 10.1. The van der Waals surface area contributed by atoms with Gasteiger partial charge in [0, 0.05) is 5.56 Å². The van der Waals surface area contributed by atoms with Gasteiger partial charge in [0.25, 0.3) is 0 Å². The van der Waals surface area contributed by atoms with Gasteiger partial charge in [-0.15, -0.1) is 0 Å². The van der Waals surface area contributed by atoms with Crippen LogP contribution in [0.4, 0.5) is 0 Å². The number of hydrogen-bond donors (Lipinski definition) is 1. The van der Waals surface area contributed by atoms with Gasteiger partial charge in [-0.3, -0.25) is 4.79 Å². The van der Waals surface area contributed by atoms with E-state index < -0.39 is 11.9 Å². The molecule has 0 atom stereocenters. The maximum absolute atomic E-state index is 11.4. The van der Waals surface area contributed by atoms with E-state index >= 15 is 0 Å². The number of hydrogen-bond acceptors (Lipinski definition) is 4. The van der Waals surface area contributed by atoms with Gasteiger partial charge in [0.1, 0.15) is 11.6 Å². The van der Waals surface area contributed by atoms with Crippen molar-refractivity contribution in [1.29, 1.82) is 5.26 Å². The molecule has 0 saturated carbocycles. The lowest BCUT2D eigenvalue weighted by Crippen LogP contribution is -2.10. The number of esters is 1. The van der Waals surface area contributed by atoms with E-state index in [1.165, 1.54) is 12.1 Å². The molecule has 5 nitrogen and oxygen atoms in total. The summed E-state index contributed by atoms with van der Waals surface area (Å²) in [7, 11) is 0. The number of amides is 1. The van der Waals surface area contributed by atoms with Crippen LogP contribution in [0, 0.1) is 11.3 Å². The molecule has 1 aromatic carbocycles. The Kier molecular flexibility index (Phi) is 4.64. The minimum Gasteiger partial charge on any atom is -0.462 e. The fraction of sp³-hybridized carbons (Fsp3) is 0.154. The molecule has 0 aliphatic carbocycles. The lowest BCUT2D eigenvalue weighted by molar-refractivity contribution is -0.137. The third-order valence-corrected chi connectivity index (χ3v) is 2.10. The number of primary amides is 1. The summed E-state index contributed by atoms with van der Waals surface area (Å²) >= 11 is 0. The largest absolute Gasteiger partial charge is 0.462 e. The second-order valence-corrected chi connectivity index (χ2v) is 3.38. The first-order valence-corrected chi connectivity index (χ1v) is 5.27. The number of nitrogens with zero attached hydrogens (tertiary/aromatic N) is 1. The van der Waals surface area contributed by atoms with E-state index in [4.69, 9.17) is 15.7 Å². The first-order valence-electron chi connectivity index (χ1n) is 5.27. The van der Waals surface area contributed by atoms with E-state index in [1.807, 2.05) is 0 Å². The molecule has 0 spiro atoms. The number of nitriles is 1. The summed E-state index contributed by atoms with van der Waals surface area (Å²) in [6, 6.07) is 8.08. The van der Waals surface area contributed by atoms with E-state index in [2.05, 4.69) is 0 Å². The fourth-order valence-corrected chi connectivity index (χ4v) is 1.29. The van der Waals surface area contributed by atoms with Gasteiger partial charge in [-0.2, -0.15) is 5.26 Å². The summed E-state index contributed by atoms with van der Waals surface area (Å²) < 4.78 is 4.72. The van der Waals surface area contributed by atoms with Gasteiger partial charge in [-0.25, -0.2) is 4.79 Å². The quantitative estimate of drug-likeness (QED) is 0.490. The summed E-state index contributed by atoms with van der Waals surface area (Å²) in [5.41, 5.74) is 5.86. The maximum atomic E-state index is 11.4. The summed E-state index contributed by atoms with van der Waals surface area (Å²) in [5.74, 6) is -1.26. The van der Waals surface area contributed by atoms with E-state index in [-0.39, 0.29) is 12.2 Å². The van der Waals surface area contributed by atoms with Crippen LogP contribution in [-0.2, 0) is 9.53 Å². The Morgan fingerprint density at radius 1 is 1.50 bits per heavy atom. The molecule has 0 bridgehead atoms. The normalized spacial score (nSPS) is 10.6. The lowest BCUT2D eigenvalue weighted by Gasteiger charge is -2.01. The first kappa shape index (κ1) is 13.5. The highest BCUT2D eigenvalue weighted by Gasteiger charge is 2.10. The minimum absolute atomic E-state index is 0.126. The average Bonchev–Trinajstić information content (AvgIpc) is 2.36. The van der Waals surface area contributed by atoms with E-state index in [0.29, 0.717) is 11.1 Å². The standard InChI is InChI=1S/C13H12N2O3/c1-2-18-13(17)11(8-14)7-9-4-3-5-10(6-9)12(15)16/h3-7H,2H2,1H3,(H2,15,16). The number of rotatable bonds is 4. The average molecular weight is 244 g/mol. The molecule has 0 fully saturated rings.